The summed E-state index contributed by atoms with van der Waals surface area (Å²) in [5.74, 6) is 0. The molecule has 0 N–H and O–H groups in total. The smallest absolute Gasteiger partial charge is 0.0624 e. The van der Waals surface area contributed by atoms with Crippen LogP contribution < -0.4 is 0 Å². The van der Waals surface area contributed by atoms with Crippen molar-refractivity contribution in [3.8, 4) is 11.1 Å². The molecule has 0 aromatic carbocycles. The van der Waals surface area contributed by atoms with Gasteiger partial charge in [0, 0.05) is 24.2 Å². The summed E-state index contributed by atoms with van der Waals surface area (Å²) in [6.07, 6.45) is 5.32. The Hall–Kier alpha value is -1.41. The third-order valence-electron chi connectivity index (χ3n) is 2.04. The molecule has 0 saturated carbocycles. The second-order valence-electron chi connectivity index (χ2n) is 3.03. The molecule has 2 aromatic rings. The summed E-state index contributed by atoms with van der Waals surface area (Å²) in [4.78, 5) is 8.16. The van der Waals surface area contributed by atoms with E-state index in [-0.39, 0.29) is 0 Å². The van der Waals surface area contributed by atoms with E-state index in [1.54, 1.807) is 12.4 Å². The molecule has 0 unspecified atom stereocenters. The van der Waals surface area contributed by atoms with E-state index >= 15 is 0 Å². The number of rotatable bonds is 1. The number of hydrogen-bond donors (Lipinski definition) is 0. The average molecular weight is 205 g/mol. The number of hydrogen-bond acceptors (Lipinski definition) is 2. The third kappa shape index (κ3) is 1.75. The Balaban J connectivity index is 2.48. The minimum absolute atomic E-state index is 0.694. The maximum atomic E-state index is 5.99. The number of aryl methyl sites for hydroxylation is 1. The van der Waals surface area contributed by atoms with Crippen LogP contribution in [0.1, 0.15) is 5.69 Å². The van der Waals surface area contributed by atoms with Gasteiger partial charge in [-0.05, 0) is 30.7 Å². The molecule has 2 heterocycles. The maximum Gasteiger partial charge on any atom is 0.0624 e. The van der Waals surface area contributed by atoms with Crippen molar-refractivity contribution in [2.24, 2.45) is 0 Å². The van der Waals surface area contributed by atoms with Crippen LogP contribution in [-0.2, 0) is 0 Å². The van der Waals surface area contributed by atoms with Gasteiger partial charge in [0.25, 0.3) is 0 Å². The van der Waals surface area contributed by atoms with Gasteiger partial charge in [-0.1, -0.05) is 11.6 Å². The van der Waals surface area contributed by atoms with Gasteiger partial charge in [0.05, 0.1) is 10.7 Å². The Bertz CT molecular complexity index is 440. The van der Waals surface area contributed by atoms with Crippen molar-refractivity contribution in [1.29, 1.82) is 0 Å². The summed E-state index contributed by atoms with van der Waals surface area (Å²) in [6.45, 7) is 1.89. The lowest BCUT2D eigenvalue weighted by atomic mass is 10.1. The molecule has 0 atom stereocenters. The predicted molar refractivity (Wildman–Crippen MR) is 57.2 cm³/mol. The molecule has 0 amide bonds. The Morgan fingerprint density at radius 2 is 1.86 bits per heavy atom. The van der Waals surface area contributed by atoms with Crippen LogP contribution >= 0.6 is 11.6 Å². The standard InChI is InChI=1S/C11H9ClN2/c1-8-11(12)6-10(7-14-8)9-2-4-13-5-3-9/h2-7H,1H3. The molecular formula is C11H9ClN2. The molecule has 0 fully saturated rings. The van der Waals surface area contributed by atoms with Crippen molar-refractivity contribution in [3.05, 3.63) is 47.5 Å². The normalized spacial score (nSPS) is 10.1. The summed E-state index contributed by atoms with van der Waals surface area (Å²) in [5.41, 5.74) is 2.95. The summed E-state index contributed by atoms with van der Waals surface area (Å²) >= 11 is 5.99. The van der Waals surface area contributed by atoms with E-state index in [2.05, 4.69) is 9.97 Å². The fourth-order valence-corrected chi connectivity index (χ4v) is 1.37. The van der Waals surface area contributed by atoms with E-state index in [0.29, 0.717) is 5.02 Å². The highest BCUT2D eigenvalue weighted by Gasteiger charge is 2.00. The molecule has 0 radical (unpaired) electrons. The monoisotopic (exact) mass is 204 g/mol. The molecule has 14 heavy (non-hydrogen) atoms. The SMILES string of the molecule is Cc1ncc(-c2ccncc2)cc1Cl. The molecule has 0 saturated heterocycles. The van der Waals surface area contributed by atoms with Gasteiger partial charge in [-0.2, -0.15) is 0 Å². The van der Waals surface area contributed by atoms with Crippen molar-refractivity contribution in [2.45, 2.75) is 6.92 Å². The second-order valence-corrected chi connectivity index (χ2v) is 3.43. The molecule has 0 aliphatic rings. The van der Waals surface area contributed by atoms with Crippen molar-refractivity contribution in [1.82, 2.24) is 9.97 Å². The fraction of sp³-hybridized carbons (Fsp3) is 0.0909. The summed E-state index contributed by atoms with van der Waals surface area (Å²) < 4.78 is 0. The van der Waals surface area contributed by atoms with Crippen molar-refractivity contribution in [2.75, 3.05) is 0 Å². The second kappa shape index (κ2) is 3.76. The first-order chi connectivity index (χ1) is 6.77. The molecule has 0 bridgehead atoms. The minimum Gasteiger partial charge on any atom is -0.265 e. The average Bonchev–Trinajstić information content (AvgIpc) is 2.23. The van der Waals surface area contributed by atoms with E-state index in [4.69, 9.17) is 11.6 Å². The van der Waals surface area contributed by atoms with E-state index in [9.17, 15) is 0 Å². The Morgan fingerprint density at radius 1 is 1.14 bits per heavy atom. The molecule has 0 spiro atoms. The first kappa shape index (κ1) is 9.16. The molecule has 0 aliphatic carbocycles. The largest absolute Gasteiger partial charge is 0.265 e. The van der Waals surface area contributed by atoms with Gasteiger partial charge < -0.3 is 0 Å². The van der Waals surface area contributed by atoms with Gasteiger partial charge >= 0.3 is 0 Å². The van der Waals surface area contributed by atoms with Gasteiger partial charge in [-0.15, -0.1) is 0 Å². The zero-order chi connectivity index (χ0) is 9.97. The number of nitrogens with zero attached hydrogens (tertiary/aromatic N) is 2. The highest BCUT2D eigenvalue weighted by atomic mass is 35.5. The first-order valence-electron chi connectivity index (χ1n) is 4.30. The number of aromatic nitrogens is 2. The van der Waals surface area contributed by atoms with Crippen molar-refractivity contribution >= 4 is 11.6 Å². The lowest BCUT2D eigenvalue weighted by Crippen LogP contribution is -1.85. The predicted octanol–water partition coefficient (Wildman–Crippen LogP) is 3.11. The van der Waals surface area contributed by atoms with Crippen LogP contribution in [0.2, 0.25) is 5.02 Å². The Morgan fingerprint density at radius 3 is 2.50 bits per heavy atom. The van der Waals surface area contributed by atoms with Gasteiger partial charge in [0.2, 0.25) is 0 Å². The zero-order valence-corrected chi connectivity index (χ0v) is 8.49. The quantitative estimate of drug-likeness (QED) is 0.714. The van der Waals surface area contributed by atoms with Gasteiger partial charge in [-0.3, -0.25) is 9.97 Å². The lowest BCUT2D eigenvalue weighted by Gasteiger charge is -2.02. The molecule has 2 aromatic heterocycles. The third-order valence-corrected chi connectivity index (χ3v) is 2.42. The van der Waals surface area contributed by atoms with E-state index in [1.807, 2.05) is 31.3 Å². The van der Waals surface area contributed by atoms with Crippen LogP contribution in [0.4, 0.5) is 0 Å². The van der Waals surface area contributed by atoms with Gasteiger partial charge in [-0.25, -0.2) is 0 Å². The Kier molecular flexibility index (Phi) is 2.46. The number of pyridine rings is 2. The molecule has 2 nitrogen and oxygen atoms in total. The minimum atomic E-state index is 0.694. The van der Waals surface area contributed by atoms with Gasteiger partial charge in [0.15, 0.2) is 0 Å². The van der Waals surface area contributed by atoms with Gasteiger partial charge in [0.1, 0.15) is 0 Å². The summed E-state index contributed by atoms with van der Waals surface area (Å²) in [6, 6.07) is 5.78. The van der Waals surface area contributed by atoms with Crippen LogP contribution in [0, 0.1) is 6.92 Å². The maximum absolute atomic E-state index is 5.99. The van der Waals surface area contributed by atoms with Crippen LogP contribution in [0.25, 0.3) is 11.1 Å². The molecule has 70 valence electrons. The van der Waals surface area contributed by atoms with E-state index < -0.39 is 0 Å². The van der Waals surface area contributed by atoms with Crippen molar-refractivity contribution < 1.29 is 0 Å². The molecular weight excluding hydrogens is 196 g/mol. The molecule has 0 aliphatic heterocycles. The highest BCUT2D eigenvalue weighted by molar-refractivity contribution is 6.31. The van der Waals surface area contributed by atoms with Crippen LogP contribution in [0.3, 0.4) is 0 Å². The van der Waals surface area contributed by atoms with E-state index in [0.717, 1.165) is 16.8 Å². The first-order valence-corrected chi connectivity index (χ1v) is 4.68. The Labute approximate surface area is 87.6 Å². The topological polar surface area (TPSA) is 25.8 Å². The van der Waals surface area contributed by atoms with Crippen LogP contribution in [0.15, 0.2) is 36.8 Å². The zero-order valence-electron chi connectivity index (χ0n) is 7.74. The molecule has 3 heteroatoms. The van der Waals surface area contributed by atoms with E-state index in [1.165, 1.54) is 0 Å². The summed E-state index contributed by atoms with van der Waals surface area (Å²) in [5, 5.41) is 0.694. The summed E-state index contributed by atoms with van der Waals surface area (Å²) in [7, 11) is 0. The van der Waals surface area contributed by atoms with Crippen molar-refractivity contribution in [3.63, 3.8) is 0 Å². The molecule has 2 rings (SSSR count). The lowest BCUT2D eigenvalue weighted by molar-refractivity contribution is 1.20. The van der Waals surface area contributed by atoms with Crippen LogP contribution in [-0.4, -0.2) is 9.97 Å². The fourth-order valence-electron chi connectivity index (χ4n) is 1.21. The van der Waals surface area contributed by atoms with Crippen LogP contribution in [0.5, 0.6) is 0 Å². The number of halogens is 1. The highest BCUT2D eigenvalue weighted by Crippen LogP contribution is 2.22.